The molecule has 1 rings (SSSR count). The van der Waals surface area contributed by atoms with E-state index in [0.29, 0.717) is 6.04 Å². The number of nitrogens with zero attached hydrogens (tertiary/aromatic N) is 1. The van der Waals surface area contributed by atoms with E-state index in [9.17, 15) is 4.79 Å². The van der Waals surface area contributed by atoms with E-state index in [1.165, 1.54) is 12.8 Å². The third-order valence-corrected chi connectivity index (χ3v) is 2.10. The second-order valence-corrected chi connectivity index (χ2v) is 3.38. The van der Waals surface area contributed by atoms with Gasteiger partial charge >= 0.3 is 5.97 Å². The van der Waals surface area contributed by atoms with Crippen molar-refractivity contribution >= 4 is 5.97 Å². The first-order chi connectivity index (χ1) is 5.68. The van der Waals surface area contributed by atoms with Gasteiger partial charge in [0, 0.05) is 12.6 Å². The molecule has 4 nitrogen and oxygen atoms in total. The maximum Gasteiger partial charge on any atom is 0.317 e. The van der Waals surface area contributed by atoms with Crippen molar-refractivity contribution in [2.24, 2.45) is 0 Å². The minimum atomic E-state index is -0.754. The monoisotopic (exact) mass is 172 g/mol. The molecule has 70 valence electrons. The van der Waals surface area contributed by atoms with Crippen molar-refractivity contribution < 1.29 is 9.90 Å². The number of nitrogens with one attached hydrogen (secondary N) is 1. The van der Waals surface area contributed by atoms with Crippen LogP contribution in [-0.2, 0) is 4.79 Å². The van der Waals surface area contributed by atoms with Gasteiger partial charge in [0.15, 0.2) is 0 Å². The molecule has 12 heavy (non-hydrogen) atoms. The van der Waals surface area contributed by atoms with E-state index in [2.05, 4.69) is 5.32 Å². The van der Waals surface area contributed by atoms with Crippen LogP contribution in [0.25, 0.3) is 0 Å². The van der Waals surface area contributed by atoms with E-state index >= 15 is 0 Å². The highest BCUT2D eigenvalue weighted by molar-refractivity contribution is 5.68. The van der Waals surface area contributed by atoms with Crippen LogP contribution in [0, 0.1) is 0 Å². The first kappa shape index (κ1) is 9.48. The van der Waals surface area contributed by atoms with Gasteiger partial charge in [0.2, 0.25) is 0 Å². The highest BCUT2D eigenvalue weighted by Crippen LogP contribution is 2.05. The molecule has 4 heteroatoms. The molecule has 0 aromatic rings. The number of hydrogen-bond donors (Lipinski definition) is 2. The van der Waals surface area contributed by atoms with Crippen molar-refractivity contribution in [3.63, 3.8) is 0 Å². The van der Waals surface area contributed by atoms with Crippen LogP contribution < -0.4 is 5.32 Å². The summed E-state index contributed by atoms with van der Waals surface area (Å²) in [4.78, 5) is 12.2. The summed E-state index contributed by atoms with van der Waals surface area (Å²) in [6.07, 6.45) is 2.38. The number of hydrogen-bond acceptors (Lipinski definition) is 3. The Morgan fingerprint density at radius 2 is 2.50 bits per heavy atom. The molecule has 1 fully saturated rings. The van der Waals surface area contributed by atoms with Gasteiger partial charge in [0.25, 0.3) is 0 Å². The summed E-state index contributed by atoms with van der Waals surface area (Å²) in [5.41, 5.74) is 0. The van der Waals surface area contributed by atoms with Gasteiger partial charge < -0.3 is 10.4 Å². The Balaban J connectivity index is 2.16. The van der Waals surface area contributed by atoms with Crippen LogP contribution in [0.1, 0.15) is 12.8 Å². The SMILES string of the molecule is CN(CC(=O)O)CC1CCCN1. The van der Waals surface area contributed by atoms with E-state index in [4.69, 9.17) is 5.11 Å². The van der Waals surface area contributed by atoms with Gasteiger partial charge in [-0.2, -0.15) is 0 Å². The third kappa shape index (κ3) is 3.19. The van der Waals surface area contributed by atoms with Crippen LogP contribution >= 0.6 is 0 Å². The molecule has 0 saturated carbocycles. The predicted octanol–water partition coefficient (Wildman–Crippen LogP) is -0.245. The van der Waals surface area contributed by atoms with Crippen molar-refractivity contribution in [1.29, 1.82) is 0 Å². The van der Waals surface area contributed by atoms with Gasteiger partial charge in [-0.05, 0) is 26.4 Å². The van der Waals surface area contributed by atoms with Crippen LogP contribution in [0.2, 0.25) is 0 Å². The molecule has 1 aliphatic heterocycles. The van der Waals surface area contributed by atoms with Gasteiger partial charge in [-0.15, -0.1) is 0 Å². The lowest BCUT2D eigenvalue weighted by Gasteiger charge is -2.18. The molecule has 0 aromatic heterocycles. The molecule has 1 aliphatic rings. The first-order valence-corrected chi connectivity index (χ1v) is 4.32. The van der Waals surface area contributed by atoms with Crippen LogP contribution in [0.5, 0.6) is 0 Å². The molecule has 0 radical (unpaired) electrons. The lowest BCUT2D eigenvalue weighted by Crippen LogP contribution is -2.37. The summed E-state index contributed by atoms with van der Waals surface area (Å²) >= 11 is 0. The summed E-state index contributed by atoms with van der Waals surface area (Å²) < 4.78 is 0. The maximum atomic E-state index is 10.3. The lowest BCUT2D eigenvalue weighted by atomic mass is 10.2. The summed E-state index contributed by atoms with van der Waals surface area (Å²) in [6, 6.07) is 0.495. The molecule has 1 atom stereocenters. The molecular weight excluding hydrogens is 156 g/mol. The zero-order valence-electron chi connectivity index (χ0n) is 7.42. The number of carbonyl (C=O) groups is 1. The molecule has 1 heterocycles. The second kappa shape index (κ2) is 4.42. The molecule has 0 spiro atoms. The van der Waals surface area contributed by atoms with Crippen molar-refractivity contribution in [1.82, 2.24) is 10.2 Å². The zero-order chi connectivity index (χ0) is 8.97. The second-order valence-electron chi connectivity index (χ2n) is 3.38. The summed E-state index contributed by atoms with van der Waals surface area (Å²) in [5.74, 6) is -0.754. The van der Waals surface area contributed by atoms with Crippen molar-refractivity contribution in [2.75, 3.05) is 26.7 Å². The number of carboxylic acid groups (broad SMARTS) is 1. The number of rotatable bonds is 4. The fraction of sp³-hybridized carbons (Fsp3) is 0.875. The van der Waals surface area contributed by atoms with Gasteiger partial charge in [-0.3, -0.25) is 9.69 Å². The van der Waals surface area contributed by atoms with Gasteiger partial charge in [-0.25, -0.2) is 0 Å². The van der Waals surface area contributed by atoms with Crippen LogP contribution in [0.4, 0.5) is 0 Å². The van der Waals surface area contributed by atoms with E-state index in [1.54, 1.807) is 0 Å². The van der Waals surface area contributed by atoms with E-state index in [1.807, 2.05) is 11.9 Å². The topological polar surface area (TPSA) is 52.6 Å². The predicted molar refractivity (Wildman–Crippen MR) is 46.2 cm³/mol. The first-order valence-electron chi connectivity index (χ1n) is 4.32. The third-order valence-electron chi connectivity index (χ3n) is 2.10. The van der Waals surface area contributed by atoms with Gasteiger partial charge in [0.05, 0.1) is 6.54 Å². The fourth-order valence-electron chi connectivity index (χ4n) is 1.58. The highest BCUT2D eigenvalue weighted by Gasteiger charge is 2.16. The Bertz CT molecular complexity index is 155. The van der Waals surface area contributed by atoms with Crippen LogP contribution in [0.15, 0.2) is 0 Å². The molecule has 0 amide bonds. The average molecular weight is 172 g/mol. The standard InChI is InChI=1S/C8H16N2O2/c1-10(6-8(11)12)5-7-3-2-4-9-7/h7,9H,2-6H2,1H3,(H,11,12). The Hall–Kier alpha value is -0.610. The Morgan fingerprint density at radius 3 is 3.00 bits per heavy atom. The van der Waals surface area contributed by atoms with Crippen LogP contribution in [-0.4, -0.2) is 48.7 Å². The molecule has 0 bridgehead atoms. The highest BCUT2D eigenvalue weighted by atomic mass is 16.4. The Labute approximate surface area is 72.6 Å². The van der Waals surface area contributed by atoms with Gasteiger partial charge in [0.1, 0.15) is 0 Å². The van der Waals surface area contributed by atoms with Gasteiger partial charge in [-0.1, -0.05) is 0 Å². The lowest BCUT2D eigenvalue weighted by molar-refractivity contribution is -0.138. The smallest absolute Gasteiger partial charge is 0.317 e. The Morgan fingerprint density at radius 1 is 1.75 bits per heavy atom. The number of aliphatic carboxylic acids is 1. The molecule has 0 aliphatic carbocycles. The summed E-state index contributed by atoms with van der Waals surface area (Å²) in [7, 11) is 1.84. The quantitative estimate of drug-likeness (QED) is 0.614. The summed E-state index contributed by atoms with van der Waals surface area (Å²) in [6.45, 7) is 2.05. The molecule has 1 unspecified atom stereocenters. The van der Waals surface area contributed by atoms with Crippen LogP contribution in [0.3, 0.4) is 0 Å². The zero-order valence-corrected chi connectivity index (χ0v) is 7.42. The largest absolute Gasteiger partial charge is 0.480 e. The minimum absolute atomic E-state index is 0.137. The van der Waals surface area contributed by atoms with E-state index in [-0.39, 0.29) is 6.54 Å². The molecule has 2 N–H and O–H groups in total. The normalized spacial score (nSPS) is 23.3. The van der Waals surface area contributed by atoms with E-state index in [0.717, 1.165) is 13.1 Å². The maximum absolute atomic E-state index is 10.3. The molecule has 1 saturated heterocycles. The van der Waals surface area contributed by atoms with Crippen molar-refractivity contribution in [3.05, 3.63) is 0 Å². The number of likely N-dealkylation sites (N-methyl/N-ethyl adjacent to an activating group) is 1. The van der Waals surface area contributed by atoms with Crippen molar-refractivity contribution in [3.8, 4) is 0 Å². The average Bonchev–Trinajstić information content (AvgIpc) is 2.37. The Kier molecular flexibility index (Phi) is 3.49. The van der Waals surface area contributed by atoms with E-state index < -0.39 is 5.97 Å². The fourth-order valence-corrected chi connectivity index (χ4v) is 1.58. The number of carboxylic acids is 1. The molecular formula is C8H16N2O2. The molecule has 0 aromatic carbocycles. The minimum Gasteiger partial charge on any atom is -0.480 e. The summed E-state index contributed by atoms with van der Waals surface area (Å²) in [5, 5.41) is 11.8. The van der Waals surface area contributed by atoms with Crippen molar-refractivity contribution in [2.45, 2.75) is 18.9 Å².